The van der Waals surface area contributed by atoms with Crippen molar-refractivity contribution in [2.75, 3.05) is 9.80 Å². The van der Waals surface area contributed by atoms with Crippen LogP contribution in [-0.2, 0) is 23.3 Å². The van der Waals surface area contributed by atoms with Gasteiger partial charge in [0.2, 0.25) is 10.9 Å². The molecular weight excluding hydrogens is 536 g/mol. The van der Waals surface area contributed by atoms with Crippen LogP contribution in [0.3, 0.4) is 0 Å². The maximum Gasteiger partial charge on any atom is 0.297 e. The molecule has 0 saturated heterocycles. The Kier molecular flexibility index (Phi) is 5.69. The predicted molar refractivity (Wildman–Crippen MR) is 158 cm³/mol. The molecule has 4 heterocycles. The minimum Gasteiger partial charge on any atom is -0.450 e. The molecule has 5 aromatic rings. The number of aromatic nitrogens is 2. The van der Waals surface area contributed by atoms with Crippen LogP contribution in [0.15, 0.2) is 75.9 Å². The van der Waals surface area contributed by atoms with E-state index in [2.05, 4.69) is 10.2 Å². The third kappa shape index (κ3) is 3.55. The first-order valence-electron chi connectivity index (χ1n) is 13.6. The van der Waals surface area contributed by atoms with E-state index >= 15 is 0 Å². The topological polar surface area (TPSA) is 96.6 Å². The van der Waals surface area contributed by atoms with Gasteiger partial charge in [0.1, 0.15) is 10.6 Å². The van der Waals surface area contributed by atoms with Crippen molar-refractivity contribution in [1.82, 2.24) is 10.2 Å². The minimum absolute atomic E-state index is 0.0250. The van der Waals surface area contributed by atoms with Gasteiger partial charge in [0.05, 0.1) is 23.2 Å². The van der Waals surface area contributed by atoms with Crippen LogP contribution >= 0.6 is 11.3 Å². The third-order valence-electron chi connectivity index (χ3n) is 7.81. The van der Waals surface area contributed by atoms with Gasteiger partial charge in [-0.3, -0.25) is 19.3 Å². The molecule has 0 N–H and O–H groups in total. The minimum atomic E-state index is -1.78. The van der Waals surface area contributed by atoms with Crippen LogP contribution in [0, 0.1) is 13.8 Å². The molecule has 204 valence electrons. The summed E-state index contributed by atoms with van der Waals surface area (Å²) in [6, 6.07) is 20.5. The van der Waals surface area contributed by atoms with Crippen molar-refractivity contribution in [3.63, 3.8) is 0 Å². The highest BCUT2D eigenvalue weighted by Crippen LogP contribution is 2.54. The number of hydrogen-bond donors (Lipinski definition) is 0. The first kappa shape index (κ1) is 25.3. The molecular formula is C32H26N4O4S. The summed E-state index contributed by atoms with van der Waals surface area (Å²) in [5.74, 6) is -1.13. The van der Waals surface area contributed by atoms with Gasteiger partial charge < -0.3 is 9.32 Å². The number of fused-ring (bicyclic) bond motifs is 5. The Balaban J connectivity index is 1.54. The molecule has 41 heavy (non-hydrogen) atoms. The number of benzene rings is 3. The standard InChI is InChI=1S/C32H26N4O4S/c1-4-8-25-33-34-31(41-25)36-29(38)28-26(27(37)21-16-19(3)13-14-24(21)40-28)32(36)22-11-5-6-12-23(22)35(30(32)39)17-20-10-7-9-18(2)15-20/h5-7,9-16H,4,8,17H2,1-3H3. The fourth-order valence-corrected chi connectivity index (χ4v) is 7.07. The summed E-state index contributed by atoms with van der Waals surface area (Å²) in [7, 11) is 0. The Morgan fingerprint density at radius 2 is 1.73 bits per heavy atom. The van der Waals surface area contributed by atoms with Crippen LogP contribution in [0.2, 0.25) is 0 Å². The van der Waals surface area contributed by atoms with Gasteiger partial charge in [-0.2, -0.15) is 0 Å². The van der Waals surface area contributed by atoms with Gasteiger partial charge in [-0.25, -0.2) is 0 Å². The molecule has 0 fully saturated rings. The van der Waals surface area contributed by atoms with Crippen molar-refractivity contribution in [3.05, 3.63) is 116 Å². The summed E-state index contributed by atoms with van der Waals surface area (Å²) < 4.78 is 6.17. The van der Waals surface area contributed by atoms with E-state index in [0.717, 1.165) is 28.1 Å². The van der Waals surface area contributed by atoms with Gasteiger partial charge in [0.15, 0.2) is 11.0 Å². The smallest absolute Gasteiger partial charge is 0.297 e. The molecule has 0 aliphatic carbocycles. The van der Waals surface area contributed by atoms with E-state index < -0.39 is 22.8 Å². The summed E-state index contributed by atoms with van der Waals surface area (Å²) in [5.41, 5.74) is 2.17. The van der Waals surface area contributed by atoms with E-state index in [0.29, 0.717) is 28.6 Å². The van der Waals surface area contributed by atoms with Crippen molar-refractivity contribution >= 4 is 44.9 Å². The molecule has 1 atom stereocenters. The Hall–Kier alpha value is -4.63. The Morgan fingerprint density at radius 1 is 0.927 bits per heavy atom. The normalized spacial score (nSPS) is 17.6. The van der Waals surface area contributed by atoms with Crippen molar-refractivity contribution in [1.29, 1.82) is 0 Å². The highest BCUT2D eigenvalue weighted by Gasteiger charge is 2.66. The number of para-hydroxylation sites is 1. The molecule has 1 spiro atoms. The van der Waals surface area contributed by atoms with E-state index in [-0.39, 0.29) is 23.0 Å². The van der Waals surface area contributed by atoms with Crippen LogP contribution < -0.4 is 15.2 Å². The predicted octanol–water partition coefficient (Wildman–Crippen LogP) is 5.66. The quantitative estimate of drug-likeness (QED) is 0.274. The van der Waals surface area contributed by atoms with Crippen molar-refractivity contribution < 1.29 is 14.0 Å². The first-order chi connectivity index (χ1) is 19.8. The Labute approximate surface area is 239 Å². The number of rotatable bonds is 5. The highest BCUT2D eigenvalue weighted by atomic mass is 32.1. The SMILES string of the molecule is CCCc1nnc(N2C(=O)c3oc4ccc(C)cc4c(=O)c3C23C(=O)N(Cc2cccc(C)c2)c2ccccc23)s1. The second kappa shape index (κ2) is 9.21. The lowest BCUT2D eigenvalue weighted by molar-refractivity contribution is -0.121. The molecule has 0 radical (unpaired) electrons. The lowest BCUT2D eigenvalue weighted by Crippen LogP contribution is -2.53. The van der Waals surface area contributed by atoms with Crippen molar-refractivity contribution in [2.45, 2.75) is 45.7 Å². The molecule has 2 aliphatic rings. The second-order valence-electron chi connectivity index (χ2n) is 10.6. The summed E-state index contributed by atoms with van der Waals surface area (Å²) in [6.45, 7) is 6.19. The summed E-state index contributed by atoms with van der Waals surface area (Å²) in [4.78, 5) is 46.7. The molecule has 9 heteroatoms. The van der Waals surface area contributed by atoms with E-state index in [1.165, 1.54) is 16.2 Å². The number of nitrogens with zero attached hydrogens (tertiary/aromatic N) is 4. The number of hydrogen-bond acceptors (Lipinski definition) is 7. The number of anilines is 2. The zero-order chi connectivity index (χ0) is 28.5. The van der Waals surface area contributed by atoms with Gasteiger partial charge in [-0.15, -0.1) is 10.2 Å². The average molecular weight is 563 g/mol. The number of carbonyl (C=O) groups excluding carboxylic acids is 2. The Morgan fingerprint density at radius 3 is 2.54 bits per heavy atom. The van der Waals surface area contributed by atoms with Crippen LogP contribution in [-0.4, -0.2) is 22.0 Å². The Bertz CT molecular complexity index is 1960. The third-order valence-corrected chi connectivity index (χ3v) is 8.78. The largest absolute Gasteiger partial charge is 0.450 e. The van der Waals surface area contributed by atoms with Gasteiger partial charge >= 0.3 is 0 Å². The van der Waals surface area contributed by atoms with E-state index in [4.69, 9.17) is 4.42 Å². The first-order valence-corrected chi connectivity index (χ1v) is 14.4. The summed E-state index contributed by atoms with van der Waals surface area (Å²) in [5, 5.41) is 10.0. The average Bonchev–Trinajstić information content (AvgIpc) is 3.59. The van der Waals surface area contributed by atoms with Crippen molar-refractivity contribution in [3.8, 4) is 0 Å². The van der Waals surface area contributed by atoms with Crippen molar-refractivity contribution in [2.24, 2.45) is 0 Å². The van der Waals surface area contributed by atoms with Crippen LogP contribution in [0.1, 0.15) is 56.7 Å². The number of carbonyl (C=O) groups is 2. The maximum absolute atomic E-state index is 15.0. The van der Waals surface area contributed by atoms with Crippen LogP contribution in [0.25, 0.3) is 11.0 Å². The summed E-state index contributed by atoms with van der Waals surface area (Å²) in [6.07, 6.45) is 1.54. The van der Waals surface area contributed by atoms with Crippen LogP contribution in [0.5, 0.6) is 0 Å². The molecule has 0 bridgehead atoms. The van der Waals surface area contributed by atoms with Gasteiger partial charge in [-0.1, -0.05) is 77.9 Å². The number of aryl methyl sites for hydroxylation is 3. The second-order valence-corrected chi connectivity index (χ2v) is 11.7. The van der Waals surface area contributed by atoms with Gasteiger partial charge in [0, 0.05) is 12.0 Å². The summed E-state index contributed by atoms with van der Waals surface area (Å²) >= 11 is 1.25. The maximum atomic E-state index is 15.0. The molecule has 2 aromatic heterocycles. The lowest BCUT2D eigenvalue weighted by Gasteiger charge is -2.32. The molecule has 2 aliphatic heterocycles. The molecule has 8 nitrogen and oxygen atoms in total. The monoisotopic (exact) mass is 562 g/mol. The molecule has 0 saturated carbocycles. The molecule has 3 aromatic carbocycles. The zero-order valence-corrected chi connectivity index (χ0v) is 23.6. The molecule has 7 rings (SSSR count). The van der Waals surface area contributed by atoms with Crippen LogP contribution in [0.4, 0.5) is 10.8 Å². The molecule has 1 unspecified atom stereocenters. The fourth-order valence-electron chi connectivity index (χ4n) is 6.08. The lowest BCUT2D eigenvalue weighted by atomic mass is 9.84. The van der Waals surface area contributed by atoms with Gasteiger partial charge in [0.25, 0.3) is 11.8 Å². The zero-order valence-electron chi connectivity index (χ0n) is 22.8. The number of amides is 2. The van der Waals surface area contributed by atoms with E-state index in [1.54, 1.807) is 17.0 Å². The van der Waals surface area contributed by atoms with E-state index in [1.807, 2.05) is 75.4 Å². The fraction of sp³-hybridized carbons (Fsp3) is 0.219. The highest BCUT2D eigenvalue weighted by molar-refractivity contribution is 7.15. The molecule has 2 amide bonds. The van der Waals surface area contributed by atoms with Gasteiger partial charge in [-0.05, 0) is 44.0 Å². The van der Waals surface area contributed by atoms with E-state index in [9.17, 15) is 14.4 Å².